The fraction of sp³-hybridized carbons (Fsp3) is 0.400. The molecule has 0 unspecified atom stereocenters. The minimum atomic E-state index is -0.475. The third kappa shape index (κ3) is 5.12. The summed E-state index contributed by atoms with van der Waals surface area (Å²) >= 11 is 0. The minimum absolute atomic E-state index is 0.282. The van der Waals surface area contributed by atoms with Crippen molar-refractivity contribution in [2.45, 2.75) is 39.5 Å². The average molecular weight is 356 g/mol. The van der Waals surface area contributed by atoms with Crippen molar-refractivity contribution in [1.29, 1.82) is 0 Å². The van der Waals surface area contributed by atoms with Gasteiger partial charge in [0, 0.05) is 12.4 Å². The molecule has 0 aliphatic carbocycles. The smallest absolute Gasteiger partial charge is 0.340 e. The first-order chi connectivity index (χ1) is 12.7. The molecule has 0 N–H and O–H groups in total. The van der Waals surface area contributed by atoms with Gasteiger partial charge in [0.15, 0.2) is 0 Å². The molecule has 0 aromatic carbocycles. The van der Waals surface area contributed by atoms with Crippen molar-refractivity contribution in [1.82, 2.24) is 9.97 Å². The molecule has 0 amide bonds. The normalized spacial score (nSPS) is 10.4. The molecule has 26 heavy (non-hydrogen) atoms. The molecule has 2 heterocycles. The topological polar surface area (TPSA) is 78.4 Å². The van der Waals surface area contributed by atoms with E-state index in [1.54, 1.807) is 36.7 Å². The number of carbonyl (C=O) groups excluding carboxylic acids is 2. The lowest BCUT2D eigenvalue weighted by Crippen LogP contribution is -2.12. The lowest BCUT2D eigenvalue weighted by Gasteiger charge is -2.11. The van der Waals surface area contributed by atoms with Crippen molar-refractivity contribution in [3.63, 3.8) is 0 Å². The second kappa shape index (κ2) is 10.3. The molecule has 0 radical (unpaired) electrons. The molecule has 0 spiro atoms. The molecule has 0 aliphatic heterocycles. The van der Waals surface area contributed by atoms with Gasteiger partial charge in [0.25, 0.3) is 0 Å². The highest BCUT2D eigenvalue weighted by Crippen LogP contribution is 2.24. The summed E-state index contributed by atoms with van der Waals surface area (Å²) in [6.07, 6.45) is 6.56. The molecule has 0 atom stereocenters. The summed E-state index contributed by atoms with van der Waals surface area (Å²) in [5.41, 5.74) is 1.20. The summed E-state index contributed by atoms with van der Waals surface area (Å²) in [6.45, 7) is 4.73. The Bertz CT molecular complexity index is 683. The van der Waals surface area contributed by atoms with Gasteiger partial charge in [-0.2, -0.15) is 0 Å². The highest BCUT2D eigenvalue weighted by Gasteiger charge is 2.22. The summed E-state index contributed by atoms with van der Waals surface area (Å²) in [5, 5.41) is 0. The van der Waals surface area contributed by atoms with Crippen LogP contribution in [0.2, 0.25) is 0 Å². The van der Waals surface area contributed by atoms with E-state index in [2.05, 4.69) is 9.97 Å². The number of nitrogens with zero attached hydrogens (tertiary/aromatic N) is 2. The van der Waals surface area contributed by atoms with Gasteiger partial charge in [-0.25, -0.2) is 9.59 Å². The maximum absolute atomic E-state index is 12.4. The Morgan fingerprint density at radius 3 is 1.62 bits per heavy atom. The number of aromatic nitrogens is 2. The van der Waals surface area contributed by atoms with Crippen LogP contribution in [-0.4, -0.2) is 35.1 Å². The Morgan fingerprint density at radius 2 is 1.23 bits per heavy atom. The van der Waals surface area contributed by atoms with E-state index in [1.165, 1.54) is 0 Å². The van der Waals surface area contributed by atoms with Crippen molar-refractivity contribution >= 4 is 11.9 Å². The van der Waals surface area contributed by atoms with Crippen LogP contribution in [-0.2, 0) is 9.47 Å². The molecule has 2 aromatic heterocycles. The van der Waals surface area contributed by atoms with Gasteiger partial charge >= 0.3 is 11.9 Å². The van der Waals surface area contributed by atoms with E-state index >= 15 is 0 Å². The molecule has 0 bridgehead atoms. The first kappa shape index (κ1) is 19.6. The number of esters is 2. The van der Waals surface area contributed by atoms with Crippen molar-refractivity contribution in [2.75, 3.05) is 13.2 Å². The maximum atomic E-state index is 12.4. The van der Waals surface area contributed by atoms with E-state index in [0.29, 0.717) is 24.6 Å². The number of carbonyl (C=O) groups is 2. The third-order valence-corrected chi connectivity index (χ3v) is 3.74. The molecular formula is C20H24N2O4. The van der Waals surface area contributed by atoms with Crippen molar-refractivity contribution in [3.8, 4) is 11.4 Å². The molecule has 0 aliphatic rings. The zero-order valence-corrected chi connectivity index (χ0v) is 15.2. The van der Waals surface area contributed by atoms with Crippen molar-refractivity contribution < 1.29 is 19.1 Å². The highest BCUT2D eigenvalue weighted by atomic mass is 16.5. The van der Waals surface area contributed by atoms with Crippen LogP contribution in [0.5, 0.6) is 0 Å². The zero-order chi connectivity index (χ0) is 18.8. The molecule has 2 rings (SSSR count). The first-order valence-electron chi connectivity index (χ1n) is 8.93. The first-order valence-corrected chi connectivity index (χ1v) is 8.93. The number of unbranched alkanes of at least 4 members (excludes halogenated alkanes) is 2. The van der Waals surface area contributed by atoms with Gasteiger partial charge < -0.3 is 9.47 Å². The molecule has 2 aromatic rings. The van der Waals surface area contributed by atoms with Crippen molar-refractivity contribution in [3.05, 3.63) is 47.8 Å². The molecule has 6 heteroatoms. The largest absolute Gasteiger partial charge is 0.462 e. The zero-order valence-electron chi connectivity index (χ0n) is 15.2. The molecule has 0 saturated heterocycles. The number of rotatable bonds is 9. The monoisotopic (exact) mass is 356 g/mol. The van der Waals surface area contributed by atoms with Gasteiger partial charge in [0.2, 0.25) is 0 Å². The Balaban J connectivity index is 2.31. The predicted molar refractivity (Wildman–Crippen MR) is 97.8 cm³/mol. The van der Waals surface area contributed by atoms with E-state index in [0.717, 1.165) is 25.7 Å². The van der Waals surface area contributed by atoms with Crippen LogP contribution in [0.1, 0.15) is 60.2 Å². The van der Waals surface area contributed by atoms with Gasteiger partial charge in [0.05, 0.1) is 24.3 Å². The molecule has 0 saturated carbocycles. The minimum Gasteiger partial charge on any atom is -0.462 e. The molecular weight excluding hydrogens is 332 g/mol. The maximum Gasteiger partial charge on any atom is 0.340 e. The van der Waals surface area contributed by atoms with Crippen molar-refractivity contribution in [2.24, 2.45) is 0 Å². The van der Waals surface area contributed by atoms with Crippen LogP contribution in [0.25, 0.3) is 11.4 Å². The molecule has 0 fully saturated rings. The average Bonchev–Trinajstić information content (AvgIpc) is 2.68. The SMILES string of the molecule is CCCCOC(=O)c1cccnc1-c1ncccc1C(=O)OCCCC. The standard InChI is InChI=1S/C20H24N2O4/c1-3-5-13-25-19(23)15-9-7-11-21-17(15)18-16(10-8-12-22-18)20(24)26-14-6-4-2/h7-12H,3-6,13-14H2,1-2H3. The summed E-state index contributed by atoms with van der Waals surface area (Å²) in [4.78, 5) is 33.3. The second-order valence-electron chi connectivity index (χ2n) is 5.78. The van der Waals surface area contributed by atoms with Gasteiger partial charge in [-0.1, -0.05) is 26.7 Å². The lowest BCUT2D eigenvalue weighted by atomic mass is 10.1. The van der Waals surface area contributed by atoms with Crippen LogP contribution in [0.3, 0.4) is 0 Å². The summed E-state index contributed by atoms with van der Waals surface area (Å²) in [7, 11) is 0. The second-order valence-corrected chi connectivity index (χ2v) is 5.78. The fourth-order valence-corrected chi connectivity index (χ4v) is 2.29. The predicted octanol–water partition coefficient (Wildman–Crippen LogP) is 4.06. The van der Waals surface area contributed by atoms with E-state index in [9.17, 15) is 9.59 Å². The van der Waals surface area contributed by atoms with Crippen LogP contribution in [0, 0.1) is 0 Å². The van der Waals surface area contributed by atoms with E-state index in [4.69, 9.17) is 9.47 Å². The summed E-state index contributed by atoms with van der Waals surface area (Å²) < 4.78 is 10.6. The highest BCUT2D eigenvalue weighted by molar-refractivity contribution is 6.01. The lowest BCUT2D eigenvalue weighted by molar-refractivity contribution is 0.0488. The van der Waals surface area contributed by atoms with Crippen LogP contribution in [0.4, 0.5) is 0 Å². The quantitative estimate of drug-likeness (QED) is 0.498. The Kier molecular flexibility index (Phi) is 7.74. The van der Waals surface area contributed by atoms with E-state index < -0.39 is 11.9 Å². The number of pyridine rings is 2. The Labute approximate surface area is 153 Å². The van der Waals surface area contributed by atoms with Crippen LogP contribution >= 0.6 is 0 Å². The Hall–Kier alpha value is -2.76. The Morgan fingerprint density at radius 1 is 0.808 bits per heavy atom. The summed E-state index contributed by atoms with van der Waals surface area (Å²) in [5.74, 6) is -0.949. The van der Waals surface area contributed by atoms with Crippen LogP contribution < -0.4 is 0 Å². The van der Waals surface area contributed by atoms with E-state index in [-0.39, 0.29) is 11.1 Å². The number of hydrogen-bond acceptors (Lipinski definition) is 6. The third-order valence-electron chi connectivity index (χ3n) is 3.74. The fourth-order valence-electron chi connectivity index (χ4n) is 2.29. The van der Waals surface area contributed by atoms with Crippen LogP contribution in [0.15, 0.2) is 36.7 Å². The van der Waals surface area contributed by atoms with Gasteiger partial charge in [0.1, 0.15) is 11.4 Å². The van der Waals surface area contributed by atoms with Gasteiger partial charge in [-0.05, 0) is 37.1 Å². The molecule has 138 valence electrons. The van der Waals surface area contributed by atoms with E-state index in [1.807, 2.05) is 13.8 Å². The number of ether oxygens (including phenoxy) is 2. The summed E-state index contributed by atoms with van der Waals surface area (Å²) in [6, 6.07) is 6.55. The van der Waals surface area contributed by atoms with Gasteiger partial charge in [-0.15, -0.1) is 0 Å². The molecule has 6 nitrogen and oxygen atoms in total. The van der Waals surface area contributed by atoms with Gasteiger partial charge in [-0.3, -0.25) is 9.97 Å². The number of hydrogen-bond donors (Lipinski definition) is 0.